The lowest BCUT2D eigenvalue weighted by atomic mass is 10.4. The Morgan fingerprint density at radius 3 is 2.88 bits per heavy atom. The molecule has 6 heteroatoms. The monoisotopic (exact) mass is 257 g/mol. The van der Waals surface area contributed by atoms with Gasteiger partial charge < -0.3 is 15.3 Å². The Hall–Kier alpha value is -1.14. The summed E-state index contributed by atoms with van der Waals surface area (Å²) in [7, 11) is 0. The molecule has 0 saturated carbocycles. The molecule has 0 fully saturated rings. The number of carbonyl (C=O) groups is 1. The summed E-state index contributed by atoms with van der Waals surface area (Å²) in [6.45, 7) is 5.31. The predicted molar refractivity (Wildman–Crippen MR) is 68.1 cm³/mol. The van der Waals surface area contributed by atoms with Gasteiger partial charge in [-0.05, 0) is 13.3 Å². The van der Waals surface area contributed by atoms with Crippen molar-refractivity contribution in [3.63, 3.8) is 0 Å². The fourth-order valence-electron chi connectivity index (χ4n) is 1.39. The molecule has 1 rings (SSSR count). The molecule has 2 amide bonds. The number of urea groups is 1. The van der Waals surface area contributed by atoms with Gasteiger partial charge in [-0.1, -0.05) is 6.92 Å². The highest BCUT2D eigenvalue weighted by molar-refractivity contribution is 7.09. The van der Waals surface area contributed by atoms with Crippen molar-refractivity contribution in [1.29, 1.82) is 0 Å². The van der Waals surface area contributed by atoms with Crippen LogP contribution >= 0.6 is 11.3 Å². The molecular weight excluding hydrogens is 238 g/mol. The summed E-state index contributed by atoms with van der Waals surface area (Å²) in [6.07, 6.45) is 0.921. The Morgan fingerprint density at radius 2 is 2.35 bits per heavy atom. The molecule has 0 saturated heterocycles. The molecule has 1 aromatic rings. The Morgan fingerprint density at radius 1 is 1.59 bits per heavy atom. The fourth-order valence-corrected chi connectivity index (χ4v) is 2.14. The SMILES string of the molecule is CCc1nc(CNC(=O)N(CC)CCO)cs1. The van der Waals surface area contributed by atoms with Crippen molar-refractivity contribution in [2.75, 3.05) is 19.7 Å². The lowest BCUT2D eigenvalue weighted by molar-refractivity contribution is 0.180. The van der Waals surface area contributed by atoms with E-state index in [9.17, 15) is 4.79 Å². The van der Waals surface area contributed by atoms with Crippen LogP contribution in [0.4, 0.5) is 4.79 Å². The van der Waals surface area contributed by atoms with Crippen molar-refractivity contribution in [2.24, 2.45) is 0 Å². The maximum absolute atomic E-state index is 11.7. The molecule has 0 unspecified atom stereocenters. The highest BCUT2D eigenvalue weighted by Crippen LogP contribution is 2.09. The van der Waals surface area contributed by atoms with Crippen LogP contribution in [0.1, 0.15) is 24.5 Å². The minimum absolute atomic E-state index is 0.0159. The van der Waals surface area contributed by atoms with E-state index in [0.717, 1.165) is 17.1 Å². The number of aliphatic hydroxyl groups excluding tert-OH is 1. The third-order valence-electron chi connectivity index (χ3n) is 2.36. The summed E-state index contributed by atoms with van der Waals surface area (Å²) in [5.74, 6) is 0. The van der Waals surface area contributed by atoms with Gasteiger partial charge >= 0.3 is 6.03 Å². The Bertz CT molecular complexity index is 354. The van der Waals surface area contributed by atoms with Crippen LogP contribution in [0.5, 0.6) is 0 Å². The van der Waals surface area contributed by atoms with Gasteiger partial charge in [0.25, 0.3) is 0 Å². The molecule has 0 aliphatic carbocycles. The third kappa shape index (κ3) is 4.32. The van der Waals surface area contributed by atoms with Gasteiger partial charge in [-0.2, -0.15) is 0 Å². The van der Waals surface area contributed by atoms with E-state index < -0.39 is 0 Å². The zero-order valence-corrected chi connectivity index (χ0v) is 11.1. The first-order chi connectivity index (χ1) is 8.21. The van der Waals surface area contributed by atoms with E-state index >= 15 is 0 Å². The van der Waals surface area contributed by atoms with Gasteiger partial charge in [-0.25, -0.2) is 9.78 Å². The second-order valence-corrected chi connectivity index (χ2v) is 4.49. The van der Waals surface area contributed by atoms with Crippen LogP contribution in [-0.4, -0.2) is 40.7 Å². The molecular formula is C11H19N3O2S. The topological polar surface area (TPSA) is 65.5 Å². The number of aryl methyl sites for hydroxylation is 1. The summed E-state index contributed by atoms with van der Waals surface area (Å²) in [5, 5.41) is 14.6. The standard InChI is InChI=1S/C11H19N3O2S/c1-3-10-13-9(8-17-10)7-12-11(16)14(4-2)5-6-15/h8,15H,3-7H2,1-2H3,(H,12,16). The molecule has 0 aliphatic rings. The van der Waals surface area contributed by atoms with Crippen molar-refractivity contribution >= 4 is 17.4 Å². The van der Waals surface area contributed by atoms with Crippen molar-refractivity contribution in [2.45, 2.75) is 26.8 Å². The predicted octanol–water partition coefficient (Wildman–Crippen LogP) is 1.23. The van der Waals surface area contributed by atoms with Crippen molar-refractivity contribution in [3.8, 4) is 0 Å². The van der Waals surface area contributed by atoms with Crippen LogP contribution in [0.2, 0.25) is 0 Å². The fraction of sp³-hybridized carbons (Fsp3) is 0.636. The molecule has 0 aromatic carbocycles. The van der Waals surface area contributed by atoms with Gasteiger partial charge in [0, 0.05) is 18.5 Å². The van der Waals surface area contributed by atoms with Crippen LogP contribution in [0.25, 0.3) is 0 Å². The number of rotatable bonds is 6. The first-order valence-corrected chi connectivity index (χ1v) is 6.66. The molecule has 1 aromatic heterocycles. The van der Waals surface area contributed by atoms with Crippen LogP contribution in [-0.2, 0) is 13.0 Å². The minimum Gasteiger partial charge on any atom is -0.395 e. The molecule has 0 radical (unpaired) electrons. The number of likely N-dealkylation sites (N-methyl/N-ethyl adjacent to an activating group) is 1. The largest absolute Gasteiger partial charge is 0.395 e. The number of hydrogen-bond donors (Lipinski definition) is 2. The summed E-state index contributed by atoms with van der Waals surface area (Å²) in [5.41, 5.74) is 0.889. The first kappa shape index (κ1) is 13.9. The average molecular weight is 257 g/mol. The van der Waals surface area contributed by atoms with E-state index in [1.807, 2.05) is 12.3 Å². The average Bonchev–Trinajstić information content (AvgIpc) is 2.81. The molecule has 17 heavy (non-hydrogen) atoms. The number of amides is 2. The maximum atomic E-state index is 11.7. The molecule has 0 aliphatic heterocycles. The summed E-state index contributed by atoms with van der Waals surface area (Å²) in [4.78, 5) is 17.6. The van der Waals surface area contributed by atoms with Crippen LogP contribution < -0.4 is 5.32 Å². The van der Waals surface area contributed by atoms with Crippen LogP contribution in [0, 0.1) is 0 Å². The Labute approximate surface area is 105 Å². The van der Waals surface area contributed by atoms with Gasteiger partial charge in [0.15, 0.2) is 0 Å². The number of thiazole rings is 1. The van der Waals surface area contributed by atoms with E-state index in [4.69, 9.17) is 5.11 Å². The maximum Gasteiger partial charge on any atom is 0.317 e. The van der Waals surface area contributed by atoms with E-state index in [2.05, 4.69) is 17.2 Å². The molecule has 96 valence electrons. The number of carbonyl (C=O) groups excluding carboxylic acids is 1. The highest BCUT2D eigenvalue weighted by Gasteiger charge is 2.10. The second-order valence-electron chi connectivity index (χ2n) is 3.55. The molecule has 0 bridgehead atoms. The van der Waals surface area contributed by atoms with Gasteiger partial charge in [-0.3, -0.25) is 0 Å². The zero-order valence-electron chi connectivity index (χ0n) is 10.3. The van der Waals surface area contributed by atoms with Crippen molar-refractivity contribution in [1.82, 2.24) is 15.2 Å². The number of aromatic nitrogens is 1. The third-order valence-corrected chi connectivity index (χ3v) is 3.40. The molecule has 0 atom stereocenters. The minimum atomic E-state index is -0.160. The number of nitrogens with one attached hydrogen (secondary N) is 1. The summed E-state index contributed by atoms with van der Waals surface area (Å²) >= 11 is 1.61. The lowest BCUT2D eigenvalue weighted by Gasteiger charge is -2.19. The van der Waals surface area contributed by atoms with E-state index in [-0.39, 0.29) is 12.6 Å². The van der Waals surface area contributed by atoms with Crippen LogP contribution in [0.3, 0.4) is 0 Å². The smallest absolute Gasteiger partial charge is 0.317 e. The van der Waals surface area contributed by atoms with Gasteiger partial charge in [0.2, 0.25) is 0 Å². The molecule has 5 nitrogen and oxygen atoms in total. The molecule has 1 heterocycles. The van der Waals surface area contributed by atoms with Gasteiger partial charge in [0.05, 0.1) is 23.9 Å². The number of nitrogens with zero attached hydrogens (tertiary/aromatic N) is 2. The van der Waals surface area contributed by atoms with Gasteiger partial charge in [0.1, 0.15) is 0 Å². The van der Waals surface area contributed by atoms with E-state index in [0.29, 0.717) is 19.6 Å². The van der Waals surface area contributed by atoms with Gasteiger partial charge in [-0.15, -0.1) is 11.3 Å². The first-order valence-electron chi connectivity index (χ1n) is 5.78. The molecule has 0 spiro atoms. The normalized spacial score (nSPS) is 10.3. The summed E-state index contributed by atoms with van der Waals surface area (Å²) in [6, 6.07) is -0.160. The Balaban J connectivity index is 2.41. The number of hydrogen-bond acceptors (Lipinski definition) is 4. The molecule has 2 N–H and O–H groups in total. The Kier molecular flexibility index (Phi) is 5.93. The van der Waals surface area contributed by atoms with Crippen molar-refractivity contribution < 1.29 is 9.90 Å². The van der Waals surface area contributed by atoms with E-state index in [1.165, 1.54) is 0 Å². The lowest BCUT2D eigenvalue weighted by Crippen LogP contribution is -2.41. The van der Waals surface area contributed by atoms with Crippen molar-refractivity contribution in [3.05, 3.63) is 16.1 Å². The summed E-state index contributed by atoms with van der Waals surface area (Å²) < 4.78 is 0. The second kappa shape index (κ2) is 7.24. The quantitative estimate of drug-likeness (QED) is 0.805. The number of aliphatic hydroxyl groups is 1. The zero-order chi connectivity index (χ0) is 12.7. The van der Waals surface area contributed by atoms with E-state index in [1.54, 1.807) is 16.2 Å². The van der Waals surface area contributed by atoms with Crippen LogP contribution in [0.15, 0.2) is 5.38 Å². The highest BCUT2D eigenvalue weighted by atomic mass is 32.1.